The predicted octanol–water partition coefficient (Wildman–Crippen LogP) is 0.775. The van der Waals surface area contributed by atoms with Crippen molar-refractivity contribution in [3.05, 3.63) is 0 Å². The summed E-state index contributed by atoms with van der Waals surface area (Å²) in [6.45, 7) is 8.10. The third-order valence-corrected chi connectivity index (χ3v) is 2.66. The first-order chi connectivity index (χ1) is 7.70. The zero-order chi connectivity index (χ0) is 11.8. The SMILES string of the molecule is CC(C)COCCNC(=O)[C@H]1CCCNC1. The summed E-state index contributed by atoms with van der Waals surface area (Å²) in [6.07, 6.45) is 2.10. The highest BCUT2D eigenvalue weighted by molar-refractivity contribution is 5.78. The first kappa shape index (κ1) is 13.5. The van der Waals surface area contributed by atoms with Crippen LogP contribution >= 0.6 is 0 Å². The van der Waals surface area contributed by atoms with Gasteiger partial charge in [0.1, 0.15) is 0 Å². The molecule has 16 heavy (non-hydrogen) atoms. The van der Waals surface area contributed by atoms with Gasteiger partial charge in [0.2, 0.25) is 5.91 Å². The lowest BCUT2D eigenvalue weighted by molar-refractivity contribution is -0.125. The number of carbonyl (C=O) groups excluding carboxylic acids is 1. The molecule has 1 aliphatic heterocycles. The van der Waals surface area contributed by atoms with Crippen molar-refractivity contribution in [1.82, 2.24) is 10.6 Å². The second-order valence-corrected chi connectivity index (χ2v) is 4.80. The summed E-state index contributed by atoms with van der Waals surface area (Å²) in [6, 6.07) is 0. The van der Waals surface area contributed by atoms with Gasteiger partial charge in [0.05, 0.1) is 12.5 Å². The van der Waals surface area contributed by atoms with Crippen LogP contribution in [0.5, 0.6) is 0 Å². The van der Waals surface area contributed by atoms with Crippen molar-refractivity contribution in [1.29, 1.82) is 0 Å². The van der Waals surface area contributed by atoms with E-state index in [1.807, 2.05) is 0 Å². The van der Waals surface area contributed by atoms with Gasteiger partial charge >= 0.3 is 0 Å². The molecule has 1 aliphatic rings. The summed E-state index contributed by atoms with van der Waals surface area (Å²) in [5.74, 6) is 0.873. The van der Waals surface area contributed by atoms with Gasteiger partial charge in [0.15, 0.2) is 0 Å². The number of piperidine rings is 1. The highest BCUT2D eigenvalue weighted by Crippen LogP contribution is 2.09. The Kier molecular flexibility index (Phi) is 6.42. The second-order valence-electron chi connectivity index (χ2n) is 4.80. The molecule has 1 fully saturated rings. The van der Waals surface area contributed by atoms with Crippen LogP contribution in [0.15, 0.2) is 0 Å². The Labute approximate surface area is 98.1 Å². The Balaban J connectivity index is 2.01. The number of hydrogen-bond acceptors (Lipinski definition) is 3. The van der Waals surface area contributed by atoms with E-state index in [4.69, 9.17) is 4.74 Å². The number of nitrogens with one attached hydrogen (secondary N) is 2. The molecule has 94 valence electrons. The quantitative estimate of drug-likeness (QED) is 0.660. The minimum Gasteiger partial charge on any atom is -0.379 e. The van der Waals surface area contributed by atoms with Gasteiger partial charge in [-0.3, -0.25) is 4.79 Å². The minimum atomic E-state index is 0.152. The van der Waals surface area contributed by atoms with Crippen molar-refractivity contribution >= 4 is 5.91 Å². The van der Waals surface area contributed by atoms with E-state index in [9.17, 15) is 4.79 Å². The number of carbonyl (C=O) groups is 1. The van der Waals surface area contributed by atoms with Gasteiger partial charge in [0.25, 0.3) is 0 Å². The molecule has 1 heterocycles. The molecule has 0 unspecified atom stereocenters. The van der Waals surface area contributed by atoms with Crippen LogP contribution in [0, 0.1) is 11.8 Å². The molecule has 0 spiro atoms. The van der Waals surface area contributed by atoms with Crippen molar-refractivity contribution < 1.29 is 9.53 Å². The van der Waals surface area contributed by atoms with Crippen molar-refractivity contribution in [2.24, 2.45) is 11.8 Å². The molecule has 1 rings (SSSR count). The van der Waals surface area contributed by atoms with Crippen LogP contribution in [-0.4, -0.2) is 38.8 Å². The van der Waals surface area contributed by atoms with Crippen LogP contribution in [0.3, 0.4) is 0 Å². The number of hydrogen-bond donors (Lipinski definition) is 2. The molecule has 4 heteroatoms. The van der Waals surface area contributed by atoms with Crippen LogP contribution in [0.4, 0.5) is 0 Å². The van der Waals surface area contributed by atoms with E-state index in [-0.39, 0.29) is 11.8 Å². The lowest BCUT2D eigenvalue weighted by Crippen LogP contribution is -2.41. The zero-order valence-corrected chi connectivity index (χ0v) is 10.4. The monoisotopic (exact) mass is 228 g/mol. The molecule has 0 saturated carbocycles. The highest BCUT2D eigenvalue weighted by Gasteiger charge is 2.19. The van der Waals surface area contributed by atoms with E-state index in [1.165, 1.54) is 0 Å². The summed E-state index contributed by atoms with van der Waals surface area (Å²) >= 11 is 0. The first-order valence-electron chi connectivity index (χ1n) is 6.26. The van der Waals surface area contributed by atoms with Crippen molar-refractivity contribution in [2.45, 2.75) is 26.7 Å². The number of rotatable bonds is 6. The molecule has 1 saturated heterocycles. The normalized spacial score (nSPS) is 21.1. The molecule has 0 radical (unpaired) electrons. The third-order valence-electron chi connectivity index (χ3n) is 2.66. The molecule has 4 nitrogen and oxygen atoms in total. The molecule has 2 N–H and O–H groups in total. The van der Waals surface area contributed by atoms with Gasteiger partial charge in [-0.25, -0.2) is 0 Å². The van der Waals surface area contributed by atoms with Gasteiger partial charge < -0.3 is 15.4 Å². The summed E-state index contributed by atoms with van der Waals surface area (Å²) in [5, 5.41) is 6.16. The van der Waals surface area contributed by atoms with E-state index < -0.39 is 0 Å². The van der Waals surface area contributed by atoms with Crippen LogP contribution in [-0.2, 0) is 9.53 Å². The molecule has 1 atom stereocenters. The molecular weight excluding hydrogens is 204 g/mol. The van der Waals surface area contributed by atoms with Crippen molar-refractivity contribution in [3.8, 4) is 0 Å². The Morgan fingerprint density at radius 3 is 3.00 bits per heavy atom. The summed E-state index contributed by atoms with van der Waals surface area (Å²) in [5.41, 5.74) is 0. The van der Waals surface area contributed by atoms with Crippen molar-refractivity contribution in [3.63, 3.8) is 0 Å². The van der Waals surface area contributed by atoms with Crippen molar-refractivity contribution in [2.75, 3.05) is 32.8 Å². The average molecular weight is 228 g/mol. The van der Waals surface area contributed by atoms with E-state index in [1.54, 1.807) is 0 Å². The Hall–Kier alpha value is -0.610. The summed E-state index contributed by atoms with van der Waals surface area (Å²) in [4.78, 5) is 11.7. The van der Waals surface area contributed by atoms with Crippen LogP contribution in [0.1, 0.15) is 26.7 Å². The third kappa shape index (κ3) is 5.47. The molecule has 1 amide bonds. The maximum atomic E-state index is 11.7. The van der Waals surface area contributed by atoms with Gasteiger partial charge in [-0.2, -0.15) is 0 Å². The van der Waals surface area contributed by atoms with E-state index >= 15 is 0 Å². The van der Waals surface area contributed by atoms with Crippen LogP contribution < -0.4 is 10.6 Å². The fourth-order valence-corrected chi connectivity index (χ4v) is 1.79. The highest BCUT2D eigenvalue weighted by atomic mass is 16.5. The fraction of sp³-hybridized carbons (Fsp3) is 0.917. The standard InChI is InChI=1S/C12H24N2O2/c1-10(2)9-16-7-6-14-12(15)11-4-3-5-13-8-11/h10-11,13H,3-9H2,1-2H3,(H,14,15)/t11-/m0/s1. The lowest BCUT2D eigenvalue weighted by atomic mass is 9.99. The maximum Gasteiger partial charge on any atom is 0.224 e. The molecule has 0 aromatic rings. The fourth-order valence-electron chi connectivity index (χ4n) is 1.79. The zero-order valence-electron chi connectivity index (χ0n) is 10.4. The van der Waals surface area contributed by atoms with Crippen LogP contribution in [0.25, 0.3) is 0 Å². The Morgan fingerprint density at radius 2 is 2.38 bits per heavy atom. The topological polar surface area (TPSA) is 50.4 Å². The maximum absolute atomic E-state index is 11.7. The molecule has 0 bridgehead atoms. The van der Waals surface area contributed by atoms with Gasteiger partial charge in [-0.15, -0.1) is 0 Å². The Morgan fingerprint density at radius 1 is 1.56 bits per heavy atom. The van der Waals surface area contributed by atoms with E-state index in [2.05, 4.69) is 24.5 Å². The van der Waals surface area contributed by atoms with Gasteiger partial charge in [0, 0.05) is 19.7 Å². The average Bonchev–Trinajstić information content (AvgIpc) is 2.29. The molecule has 0 aliphatic carbocycles. The van der Waals surface area contributed by atoms with E-state index in [0.717, 1.165) is 32.5 Å². The Bertz CT molecular complexity index is 201. The first-order valence-corrected chi connectivity index (χ1v) is 6.26. The van der Waals surface area contributed by atoms with E-state index in [0.29, 0.717) is 19.1 Å². The van der Waals surface area contributed by atoms with Gasteiger partial charge in [-0.1, -0.05) is 13.8 Å². The molecule has 0 aromatic heterocycles. The smallest absolute Gasteiger partial charge is 0.224 e. The van der Waals surface area contributed by atoms with Gasteiger partial charge in [-0.05, 0) is 25.3 Å². The minimum absolute atomic E-state index is 0.152. The molecule has 0 aromatic carbocycles. The lowest BCUT2D eigenvalue weighted by Gasteiger charge is -2.21. The predicted molar refractivity (Wildman–Crippen MR) is 64.3 cm³/mol. The summed E-state index contributed by atoms with van der Waals surface area (Å²) in [7, 11) is 0. The number of amides is 1. The largest absolute Gasteiger partial charge is 0.379 e. The summed E-state index contributed by atoms with van der Waals surface area (Å²) < 4.78 is 5.40. The number of ether oxygens (including phenoxy) is 1. The molecular formula is C12H24N2O2. The van der Waals surface area contributed by atoms with Crippen LogP contribution in [0.2, 0.25) is 0 Å². The second kappa shape index (κ2) is 7.63.